The average Bonchev–Trinajstić information content (AvgIpc) is 3.36. The molecule has 1 N–H and O–H groups in total. The lowest BCUT2D eigenvalue weighted by molar-refractivity contribution is -0.156. The molecule has 1 heterocycles. The van der Waals surface area contributed by atoms with E-state index in [1.54, 1.807) is 6.92 Å². The van der Waals surface area contributed by atoms with Gasteiger partial charge in [-0.05, 0) is 50.3 Å². The second-order valence-electron chi connectivity index (χ2n) is 6.79. The van der Waals surface area contributed by atoms with Crippen LogP contribution in [-0.2, 0) is 19.6 Å². The normalized spacial score (nSPS) is 22.6. The van der Waals surface area contributed by atoms with Crippen LogP contribution in [0, 0.1) is 17.2 Å². The lowest BCUT2D eigenvalue weighted by atomic mass is 9.85. The molecular formula is C17H19N3O4S. The monoisotopic (exact) mass is 361 g/mol. The fourth-order valence-electron chi connectivity index (χ4n) is 2.90. The molecule has 25 heavy (non-hydrogen) atoms. The minimum Gasteiger partial charge on any atom is -0.328 e. The Morgan fingerprint density at radius 2 is 2.12 bits per heavy atom. The second-order valence-corrected chi connectivity index (χ2v) is 8.47. The Hall–Kier alpha value is -2.40. The molecule has 1 aromatic carbocycles. The SMILES string of the molecule is CC1(C(=O)NS(=O)(=O)c2cccc(C#N)c2)CCN1C(=O)CC1CC1. The molecule has 3 rings (SSSR count). The number of nitrogens with zero attached hydrogens (tertiary/aromatic N) is 2. The number of likely N-dealkylation sites (tertiary alicyclic amines) is 1. The first kappa shape index (κ1) is 17.4. The van der Waals surface area contributed by atoms with Crippen LogP contribution in [0.25, 0.3) is 0 Å². The average molecular weight is 361 g/mol. The van der Waals surface area contributed by atoms with Gasteiger partial charge in [-0.15, -0.1) is 0 Å². The Bertz CT molecular complexity index is 870. The van der Waals surface area contributed by atoms with Crippen molar-refractivity contribution < 1.29 is 18.0 Å². The van der Waals surface area contributed by atoms with Gasteiger partial charge in [0.25, 0.3) is 15.9 Å². The van der Waals surface area contributed by atoms with Crippen molar-refractivity contribution in [2.24, 2.45) is 5.92 Å². The third kappa shape index (κ3) is 3.37. The third-order valence-corrected chi connectivity index (χ3v) is 6.20. The summed E-state index contributed by atoms with van der Waals surface area (Å²) >= 11 is 0. The van der Waals surface area contributed by atoms with Crippen molar-refractivity contribution in [3.05, 3.63) is 29.8 Å². The van der Waals surface area contributed by atoms with E-state index in [0.29, 0.717) is 25.3 Å². The molecule has 0 spiro atoms. The van der Waals surface area contributed by atoms with Crippen LogP contribution in [0.15, 0.2) is 29.2 Å². The molecule has 1 saturated heterocycles. The smallest absolute Gasteiger partial charge is 0.264 e. The molecule has 1 saturated carbocycles. The van der Waals surface area contributed by atoms with Crippen molar-refractivity contribution in [2.75, 3.05) is 6.54 Å². The molecule has 0 bridgehead atoms. The number of nitriles is 1. The number of rotatable bonds is 5. The van der Waals surface area contributed by atoms with Gasteiger partial charge in [0.2, 0.25) is 5.91 Å². The number of amides is 2. The first-order chi connectivity index (χ1) is 11.8. The minimum absolute atomic E-state index is 0.102. The van der Waals surface area contributed by atoms with Crippen molar-refractivity contribution in [1.82, 2.24) is 9.62 Å². The number of sulfonamides is 1. The Kier molecular flexibility index (Phi) is 4.29. The van der Waals surface area contributed by atoms with Crippen LogP contribution in [0.2, 0.25) is 0 Å². The Morgan fingerprint density at radius 1 is 1.40 bits per heavy atom. The summed E-state index contributed by atoms with van der Waals surface area (Å²) in [6.45, 7) is 2.04. The van der Waals surface area contributed by atoms with E-state index in [4.69, 9.17) is 5.26 Å². The highest BCUT2D eigenvalue weighted by Crippen LogP contribution is 2.37. The van der Waals surface area contributed by atoms with E-state index in [9.17, 15) is 18.0 Å². The second kappa shape index (κ2) is 6.15. The van der Waals surface area contributed by atoms with Crippen molar-refractivity contribution in [1.29, 1.82) is 5.26 Å². The summed E-state index contributed by atoms with van der Waals surface area (Å²) < 4.78 is 26.9. The maximum atomic E-state index is 12.6. The highest BCUT2D eigenvalue weighted by Gasteiger charge is 2.50. The highest BCUT2D eigenvalue weighted by atomic mass is 32.2. The number of hydrogen-bond donors (Lipinski definition) is 1. The Balaban J connectivity index is 1.74. The molecular weight excluding hydrogens is 342 g/mol. The number of carbonyl (C=O) groups excluding carboxylic acids is 2. The molecule has 2 fully saturated rings. The van der Waals surface area contributed by atoms with Crippen LogP contribution >= 0.6 is 0 Å². The standard InChI is InChI=1S/C17H19N3O4S/c1-17(7-8-20(17)15(21)10-12-5-6-12)16(22)19-25(23,24)14-4-2-3-13(9-14)11-18/h2-4,9,12H,5-8,10H2,1H3,(H,19,22). The predicted octanol–water partition coefficient (Wildman–Crippen LogP) is 1.15. The van der Waals surface area contributed by atoms with E-state index < -0.39 is 21.5 Å². The summed E-state index contributed by atoms with van der Waals surface area (Å²) in [4.78, 5) is 26.1. The van der Waals surface area contributed by atoms with Gasteiger partial charge in [-0.2, -0.15) is 5.26 Å². The number of benzene rings is 1. The van der Waals surface area contributed by atoms with Crippen LogP contribution in [0.5, 0.6) is 0 Å². The van der Waals surface area contributed by atoms with Gasteiger partial charge in [-0.3, -0.25) is 9.59 Å². The maximum Gasteiger partial charge on any atom is 0.264 e. The number of hydrogen-bond acceptors (Lipinski definition) is 5. The lowest BCUT2D eigenvalue weighted by Crippen LogP contribution is -2.67. The van der Waals surface area contributed by atoms with Gasteiger partial charge in [0.1, 0.15) is 5.54 Å². The topological polar surface area (TPSA) is 107 Å². The minimum atomic E-state index is -4.10. The van der Waals surface area contributed by atoms with Crippen molar-refractivity contribution in [3.63, 3.8) is 0 Å². The van der Waals surface area contributed by atoms with E-state index in [2.05, 4.69) is 4.72 Å². The zero-order valence-electron chi connectivity index (χ0n) is 13.9. The Labute approximate surface area is 146 Å². The van der Waals surface area contributed by atoms with Gasteiger partial charge in [-0.1, -0.05) is 6.07 Å². The molecule has 1 aliphatic carbocycles. The van der Waals surface area contributed by atoms with E-state index in [1.165, 1.54) is 29.2 Å². The molecule has 1 aromatic rings. The first-order valence-electron chi connectivity index (χ1n) is 8.14. The largest absolute Gasteiger partial charge is 0.328 e. The van der Waals surface area contributed by atoms with Gasteiger partial charge in [0.15, 0.2) is 0 Å². The van der Waals surface area contributed by atoms with Gasteiger partial charge < -0.3 is 4.90 Å². The molecule has 2 amide bonds. The summed E-state index contributed by atoms with van der Waals surface area (Å²) in [6, 6.07) is 7.30. The highest BCUT2D eigenvalue weighted by molar-refractivity contribution is 7.90. The Morgan fingerprint density at radius 3 is 2.68 bits per heavy atom. The first-order valence-corrected chi connectivity index (χ1v) is 9.62. The molecule has 0 radical (unpaired) electrons. The van der Waals surface area contributed by atoms with E-state index >= 15 is 0 Å². The maximum absolute atomic E-state index is 12.6. The molecule has 2 aliphatic rings. The summed E-state index contributed by atoms with van der Waals surface area (Å²) in [5.41, 5.74) is -0.960. The van der Waals surface area contributed by atoms with Gasteiger partial charge in [0.05, 0.1) is 16.5 Å². The van der Waals surface area contributed by atoms with Crippen molar-refractivity contribution in [3.8, 4) is 6.07 Å². The fraction of sp³-hybridized carbons (Fsp3) is 0.471. The molecule has 1 atom stereocenters. The lowest BCUT2D eigenvalue weighted by Gasteiger charge is -2.49. The van der Waals surface area contributed by atoms with Gasteiger partial charge >= 0.3 is 0 Å². The van der Waals surface area contributed by atoms with Crippen LogP contribution in [0.3, 0.4) is 0 Å². The van der Waals surface area contributed by atoms with Crippen LogP contribution in [0.4, 0.5) is 0 Å². The predicted molar refractivity (Wildman–Crippen MR) is 88.6 cm³/mol. The molecule has 132 valence electrons. The van der Waals surface area contributed by atoms with Gasteiger partial charge in [-0.25, -0.2) is 13.1 Å². The van der Waals surface area contributed by atoms with Crippen LogP contribution < -0.4 is 4.72 Å². The van der Waals surface area contributed by atoms with Crippen molar-refractivity contribution in [2.45, 2.75) is 43.0 Å². The van der Waals surface area contributed by atoms with Crippen LogP contribution in [-0.4, -0.2) is 37.2 Å². The zero-order valence-corrected chi connectivity index (χ0v) is 14.7. The molecule has 7 nitrogen and oxygen atoms in total. The summed E-state index contributed by atoms with van der Waals surface area (Å²) in [6.07, 6.45) is 2.90. The fourth-order valence-corrected chi connectivity index (χ4v) is 4.02. The summed E-state index contributed by atoms with van der Waals surface area (Å²) in [5, 5.41) is 8.88. The number of nitrogens with one attached hydrogen (secondary N) is 1. The summed E-state index contributed by atoms with van der Waals surface area (Å²) in [7, 11) is -4.10. The van der Waals surface area contributed by atoms with Crippen molar-refractivity contribution >= 4 is 21.8 Å². The van der Waals surface area contributed by atoms with E-state index in [-0.39, 0.29) is 16.4 Å². The third-order valence-electron chi connectivity index (χ3n) is 4.87. The van der Waals surface area contributed by atoms with E-state index in [1.807, 2.05) is 6.07 Å². The molecule has 1 unspecified atom stereocenters. The molecule has 0 aromatic heterocycles. The van der Waals surface area contributed by atoms with Crippen LogP contribution in [0.1, 0.15) is 38.2 Å². The summed E-state index contributed by atoms with van der Waals surface area (Å²) in [5.74, 6) is -0.418. The van der Waals surface area contributed by atoms with E-state index in [0.717, 1.165) is 12.8 Å². The van der Waals surface area contributed by atoms with Gasteiger partial charge in [0, 0.05) is 13.0 Å². The molecule has 8 heteroatoms. The zero-order chi connectivity index (χ0) is 18.2. The molecule has 1 aliphatic heterocycles. The quantitative estimate of drug-likeness (QED) is 0.846. The number of carbonyl (C=O) groups is 2.